The van der Waals surface area contributed by atoms with Gasteiger partial charge in [0.1, 0.15) is 5.75 Å². The number of nitrogens with zero attached hydrogens (tertiary/aromatic N) is 1. The number of hydrazone groups is 1. The van der Waals surface area contributed by atoms with Gasteiger partial charge in [-0.25, -0.2) is 5.43 Å². The molecule has 2 rings (SSSR count). The van der Waals surface area contributed by atoms with E-state index < -0.39 is 5.91 Å². The van der Waals surface area contributed by atoms with Crippen LogP contribution in [0.2, 0.25) is 0 Å². The van der Waals surface area contributed by atoms with E-state index in [1.807, 2.05) is 12.1 Å². The highest BCUT2D eigenvalue weighted by molar-refractivity contribution is 5.94. The number of hydrogen-bond acceptors (Lipinski definition) is 4. The summed E-state index contributed by atoms with van der Waals surface area (Å²) in [6.45, 7) is 6.20. The second-order valence-corrected chi connectivity index (χ2v) is 6.85. The first kappa shape index (κ1) is 19.2. The average Bonchev–Trinajstić information content (AvgIpc) is 2.60. The topological polar surface area (TPSA) is 93.8 Å². The SMILES string of the molecule is CC(C)(C)c1ccc(C(=O)N/N=C\c2ccc(OCC(N)=O)cc2)cc1. The smallest absolute Gasteiger partial charge is 0.271 e. The van der Waals surface area contributed by atoms with Crippen LogP contribution in [-0.2, 0) is 10.2 Å². The molecule has 0 aliphatic heterocycles. The summed E-state index contributed by atoms with van der Waals surface area (Å²) in [6.07, 6.45) is 1.53. The van der Waals surface area contributed by atoms with Crippen LogP contribution >= 0.6 is 0 Å². The van der Waals surface area contributed by atoms with Gasteiger partial charge in [0.05, 0.1) is 6.21 Å². The number of benzene rings is 2. The summed E-state index contributed by atoms with van der Waals surface area (Å²) in [5, 5.41) is 3.95. The molecule has 0 aromatic heterocycles. The summed E-state index contributed by atoms with van der Waals surface area (Å²) in [6, 6.07) is 14.4. The average molecular weight is 353 g/mol. The molecule has 0 heterocycles. The van der Waals surface area contributed by atoms with E-state index in [0.717, 1.165) is 11.1 Å². The molecule has 0 aliphatic carbocycles. The molecule has 0 unspecified atom stereocenters. The number of nitrogens with one attached hydrogen (secondary N) is 1. The van der Waals surface area contributed by atoms with E-state index >= 15 is 0 Å². The fourth-order valence-electron chi connectivity index (χ4n) is 2.16. The van der Waals surface area contributed by atoms with E-state index in [9.17, 15) is 9.59 Å². The molecule has 0 aliphatic rings. The molecule has 2 amide bonds. The highest BCUT2D eigenvalue weighted by Gasteiger charge is 2.14. The van der Waals surface area contributed by atoms with Crippen LogP contribution in [0.25, 0.3) is 0 Å². The molecule has 2 aromatic carbocycles. The monoisotopic (exact) mass is 353 g/mol. The standard InChI is InChI=1S/C20H23N3O3/c1-20(2,3)16-8-6-15(7-9-16)19(25)23-22-12-14-4-10-17(11-5-14)26-13-18(21)24/h4-12H,13H2,1-3H3,(H2,21,24)(H,23,25)/b22-12-. The quantitative estimate of drug-likeness (QED) is 0.617. The fraction of sp³-hybridized carbons (Fsp3) is 0.250. The first-order valence-corrected chi connectivity index (χ1v) is 8.21. The Morgan fingerprint density at radius 3 is 2.23 bits per heavy atom. The number of hydrogen-bond donors (Lipinski definition) is 2. The Bertz CT molecular complexity index is 789. The Kier molecular flexibility index (Phi) is 6.11. The molecule has 6 nitrogen and oxygen atoms in total. The highest BCUT2D eigenvalue weighted by atomic mass is 16.5. The van der Waals surface area contributed by atoms with Crippen LogP contribution in [0.5, 0.6) is 5.75 Å². The zero-order valence-electron chi connectivity index (χ0n) is 15.2. The number of ether oxygens (including phenoxy) is 1. The lowest BCUT2D eigenvalue weighted by Gasteiger charge is -2.18. The lowest BCUT2D eigenvalue weighted by molar-refractivity contribution is -0.119. The van der Waals surface area contributed by atoms with E-state index in [0.29, 0.717) is 11.3 Å². The lowest BCUT2D eigenvalue weighted by Crippen LogP contribution is -2.20. The predicted octanol–water partition coefficient (Wildman–Crippen LogP) is 2.61. The van der Waals surface area contributed by atoms with Gasteiger partial charge in [0, 0.05) is 5.56 Å². The van der Waals surface area contributed by atoms with Crippen LogP contribution in [0.15, 0.2) is 53.6 Å². The summed E-state index contributed by atoms with van der Waals surface area (Å²) in [4.78, 5) is 22.8. The summed E-state index contributed by atoms with van der Waals surface area (Å²) in [5.41, 5.74) is 10.0. The maximum atomic E-state index is 12.1. The van der Waals surface area contributed by atoms with Crippen molar-refractivity contribution in [2.24, 2.45) is 10.8 Å². The molecule has 26 heavy (non-hydrogen) atoms. The molecular weight excluding hydrogens is 330 g/mol. The third-order valence-electron chi connectivity index (χ3n) is 3.65. The molecule has 0 saturated heterocycles. The largest absolute Gasteiger partial charge is 0.484 e. The molecule has 0 fully saturated rings. The molecule has 136 valence electrons. The molecule has 0 bridgehead atoms. The van der Waals surface area contributed by atoms with Crippen LogP contribution in [0.4, 0.5) is 0 Å². The zero-order chi connectivity index (χ0) is 19.2. The Labute approximate surface area is 153 Å². The van der Waals surface area contributed by atoms with Gasteiger partial charge in [0.2, 0.25) is 0 Å². The second kappa shape index (κ2) is 8.29. The number of amides is 2. The van der Waals surface area contributed by atoms with Crippen molar-refractivity contribution in [3.63, 3.8) is 0 Å². The number of rotatable bonds is 6. The first-order chi connectivity index (χ1) is 12.3. The normalized spacial score (nSPS) is 11.3. The van der Waals surface area contributed by atoms with E-state index in [2.05, 4.69) is 31.3 Å². The van der Waals surface area contributed by atoms with Crippen molar-refractivity contribution in [2.45, 2.75) is 26.2 Å². The lowest BCUT2D eigenvalue weighted by atomic mass is 9.87. The Hall–Kier alpha value is -3.15. The predicted molar refractivity (Wildman–Crippen MR) is 101 cm³/mol. The van der Waals surface area contributed by atoms with Gasteiger partial charge >= 0.3 is 0 Å². The van der Waals surface area contributed by atoms with Crippen molar-refractivity contribution in [1.29, 1.82) is 0 Å². The third-order valence-corrected chi connectivity index (χ3v) is 3.65. The number of nitrogens with two attached hydrogens (primary N) is 1. The van der Waals surface area contributed by atoms with Gasteiger partial charge in [-0.1, -0.05) is 32.9 Å². The van der Waals surface area contributed by atoms with E-state index in [4.69, 9.17) is 10.5 Å². The van der Waals surface area contributed by atoms with Crippen molar-refractivity contribution < 1.29 is 14.3 Å². The van der Waals surface area contributed by atoms with Crippen molar-refractivity contribution in [1.82, 2.24) is 5.43 Å². The second-order valence-electron chi connectivity index (χ2n) is 6.85. The van der Waals surface area contributed by atoms with E-state index in [1.165, 1.54) is 6.21 Å². The van der Waals surface area contributed by atoms with Crippen LogP contribution in [0.1, 0.15) is 42.3 Å². The van der Waals surface area contributed by atoms with Gasteiger partial charge in [0.25, 0.3) is 11.8 Å². The molecular formula is C20H23N3O3. The zero-order valence-corrected chi connectivity index (χ0v) is 15.2. The summed E-state index contributed by atoms with van der Waals surface area (Å²) >= 11 is 0. The fourth-order valence-corrected chi connectivity index (χ4v) is 2.16. The summed E-state index contributed by atoms with van der Waals surface area (Å²) in [5.74, 6) is -0.277. The molecule has 2 aromatic rings. The van der Waals surface area contributed by atoms with Gasteiger partial charge < -0.3 is 10.5 Å². The maximum absolute atomic E-state index is 12.1. The maximum Gasteiger partial charge on any atom is 0.271 e. The van der Waals surface area contributed by atoms with Gasteiger partial charge in [-0.3, -0.25) is 9.59 Å². The van der Waals surface area contributed by atoms with Gasteiger partial charge in [-0.2, -0.15) is 5.10 Å². The van der Waals surface area contributed by atoms with Crippen LogP contribution < -0.4 is 15.9 Å². The van der Waals surface area contributed by atoms with Crippen LogP contribution in [0, 0.1) is 0 Å². The number of carbonyl (C=O) groups is 2. The van der Waals surface area contributed by atoms with Crippen LogP contribution in [-0.4, -0.2) is 24.6 Å². The number of carbonyl (C=O) groups excluding carboxylic acids is 2. The van der Waals surface area contributed by atoms with Crippen molar-refractivity contribution in [2.75, 3.05) is 6.61 Å². The van der Waals surface area contributed by atoms with Crippen molar-refractivity contribution in [3.8, 4) is 5.75 Å². The summed E-state index contributed by atoms with van der Waals surface area (Å²) in [7, 11) is 0. The molecule has 3 N–H and O–H groups in total. The Morgan fingerprint density at radius 1 is 1.08 bits per heavy atom. The van der Waals surface area contributed by atoms with Crippen LogP contribution in [0.3, 0.4) is 0 Å². The minimum atomic E-state index is -0.533. The minimum Gasteiger partial charge on any atom is -0.484 e. The summed E-state index contributed by atoms with van der Waals surface area (Å²) < 4.78 is 5.17. The van der Waals surface area contributed by atoms with E-state index in [1.54, 1.807) is 36.4 Å². The minimum absolute atomic E-state index is 0.0421. The third kappa shape index (κ3) is 5.73. The van der Waals surface area contributed by atoms with Gasteiger partial charge in [-0.15, -0.1) is 0 Å². The van der Waals surface area contributed by atoms with E-state index in [-0.39, 0.29) is 17.9 Å². The molecule has 0 saturated carbocycles. The first-order valence-electron chi connectivity index (χ1n) is 8.21. The molecule has 6 heteroatoms. The Balaban J connectivity index is 1.91. The van der Waals surface area contributed by atoms with Crippen molar-refractivity contribution in [3.05, 3.63) is 65.2 Å². The van der Waals surface area contributed by atoms with Gasteiger partial charge in [0.15, 0.2) is 6.61 Å². The molecule has 0 atom stereocenters. The Morgan fingerprint density at radius 2 is 1.69 bits per heavy atom. The molecule has 0 spiro atoms. The number of primary amides is 1. The van der Waals surface area contributed by atoms with Gasteiger partial charge in [-0.05, 0) is 52.9 Å². The molecule has 0 radical (unpaired) electrons. The highest BCUT2D eigenvalue weighted by Crippen LogP contribution is 2.22. The van der Waals surface area contributed by atoms with Crippen molar-refractivity contribution >= 4 is 18.0 Å².